The van der Waals surface area contributed by atoms with Gasteiger partial charge in [0.25, 0.3) is 5.91 Å². The van der Waals surface area contributed by atoms with Gasteiger partial charge >= 0.3 is 0 Å². The van der Waals surface area contributed by atoms with Gasteiger partial charge in [-0.1, -0.05) is 72.2 Å². The number of halogens is 2. The zero-order valence-corrected chi connectivity index (χ0v) is 21.5. The molecule has 5 nitrogen and oxygen atoms in total. The molecule has 0 aliphatic heterocycles. The molecule has 0 saturated heterocycles. The van der Waals surface area contributed by atoms with Gasteiger partial charge in [0, 0.05) is 24.0 Å². The van der Waals surface area contributed by atoms with E-state index in [4.69, 9.17) is 4.74 Å². The molecule has 0 saturated carbocycles. The fourth-order valence-corrected chi connectivity index (χ4v) is 4.01. The van der Waals surface area contributed by atoms with Crippen molar-refractivity contribution in [2.75, 3.05) is 13.2 Å². The maximum absolute atomic E-state index is 13.5. The van der Waals surface area contributed by atoms with Crippen LogP contribution < -0.4 is 10.1 Å². The molecule has 0 aromatic heterocycles. The van der Waals surface area contributed by atoms with Gasteiger partial charge in [-0.15, -0.1) is 0 Å². The van der Waals surface area contributed by atoms with Crippen LogP contribution in [-0.4, -0.2) is 35.9 Å². The molecule has 184 valence electrons. The van der Waals surface area contributed by atoms with Gasteiger partial charge < -0.3 is 15.0 Å². The second-order valence-electron chi connectivity index (χ2n) is 8.74. The summed E-state index contributed by atoms with van der Waals surface area (Å²) >= 11 is 3.48. The van der Waals surface area contributed by atoms with E-state index in [9.17, 15) is 14.0 Å². The van der Waals surface area contributed by atoms with E-state index in [1.807, 2.05) is 68.4 Å². The molecule has 1 N–H and O–H groups in total. The number of hydrogen-bond acceptors (Lipinski definition) is 3. The number of amides is 2. The summed E-state index contributed by atoms with van der Waals surface area (Å²) in [5, 5.41) is 2.99. The highest BCUT2D eigenvalue weighted by Gasteiger charge is 2.30. The summed E-state index contributed by atoms with van der Waals surface area (Å²) in [7, 11) is 0. The lowest BCUT2D eigenvalue weighted by molar-refractivity contribution is -0.142. The molecular formula is C28H30BrFN2O3. The quantitative estimate of drug-likeness (QED) is 0.355. The Hall–Kier alpha value is -3.19. The third-order valence-corrected chi connectivity index (χ3v) is 5.87. The van der Waals surface area contributed by atoms with Gasteiger partial charge in [-0.2, -0.15) is 0 Å². The average molecular weight is 541 g/mol. The molecule has 0 aliphatic carbocycles. The van der Waals surface area contributed by atoms with Gasteiger partial charge in [0.05, 0.1) is 0 Å². The number of ether oxygens (including phenoxy) is 1. The van der Waals surface area contributed by atoms with Crippen LogP contribution in [0.4, 0.5) is 4.39 Å². The van der Waals surface area contributed by atoms with Crippen molar-refractivity contribution in [1.29, 1.82) is 0 Å². The second kappa shape index (κ2) is 13.0. The monoisotopic (exact) mass is 540 g/mol. The zero-order chi connectivity index (χ0) is 25.2. The first kappa shape index (κ1) is 26.4. The van der Waals surface area contributed by atoms with Gasteiger partial charge in [0.1, 0.15) is 17.6 Å². The third kappa shape index (κ3) is 8.51. The lowest BCUT2D eigenvalue weighted by atomic mass is 10.0. The molecule has 35 heavy (non-hydrogen) atoms. The van der Waals surface area contributed by atoms with Crippen molar-refractivity contribution in [3.8, 4) is 5.75 Å². The van der Waals surface area contributed by atoms with E-state index in [0.717, 1.165) is 15.6 Å². The Morgan fingerprint density at radius 1 is 0.971 bits per heavy atom. The fourth-order valence-electron chi connectivity index (χ4n) is 3.57. The summed E-state index contributed by atoms with van der Waals surface area (Å²) in [5.74, 6) is -0.286. The van der Waals surface area contributed by atoms with E-state index in [1.54, 1.807) is 4.90 Å². The summed E-state index contributed by atoms with van der Waals surface area (Å²) in [5.41, 5.74) is 1.83. The summed E-state index contributed by atoms with van der Waals surface area (Å²) < 4.78 is 19.8. The van der Waals surface area contributed by atoms with Crippen molar-refractivity contribution >= 4 is 27.7 Å². The van der Waals surface area contributed by atoms with E-state index >= 15 is 0 Å². The van der Waals surface area contributed by atoms with Crippen LogP contribution in [0.25, 0.3) is 0 Å². The SMILES string of the molecule is CC(C)CNC(=O)[C@@H](Cc1ccccc1)N(Cc1cccc(Br)c1)C(=O)COc1ccc(F)cc1. The summed E-state index contributed by atoms with van der Waals surface area (Å²) in [4.78, 5) is 28.4. The van der Waals surface area contributed by atoms with Crippen LogP contribution >= 0.6 is 15.9 Å². The first-order valence-corrected chi connectivity index (χ1v) is 12.3. The molecule has 3 aromatic carbocycles. The van der Waals surface area contributed by atoms with Crippen LogP contribution in [0.5, 0.6) is 5.75 Å². The number of carbonyl (C=O) groups excluding carboxylic acids is 2. The van der Waals surface area contributed by atoms with E-state index in [1.165, 1.54) is 24.3 Å². The molecule has 0 radical (unpaired) electrons. The van der Waals surface area contributed by atoms with E-state index in [0.29, 0.717) is 18.7 Å². The topological polar surface area (TPSA) is 58.6 Å². The van der Waals surface area contributed by atoms with Gasteiger partial charge in [-0.3, -0.25) is 9.59 Å². The maximum Gasteiger partial charge on any atom is 0.261 e. The highest BCUT2D eigenvalue weighted by atomic mass is 79.9. The second-order valence-corrected chi connectivity index (χ2v) is 9.65. The number of nitrogens with zero attached hydrogens (tertiary/aromatic N) is 1. The molecule has 0 bridgehead atoms. The molecule has 0 spiro atoms. The first-order valence-electron chi connectivity index (χ1n) is 11.6. The number of hydrogen-bond donors (Lipinski definition) is 1. The Bertz CT molecular complexity index is 1110. The lowest BCUT2D eigenvalue weighted by Crippen LogP contribution is -2.52. The van der Waals surface area contributed by atoms with Crippen LogP contribution in [-0.2, 0) is 22.6 Å². The molecule has 1 atom stereocenters. The minimum Gasteiger partial charge on any atom is -0.484 e. The first-order chi connectivity index (χ1) is 16.8. The Morgan fingerprint density at radius 2 is 1.66 bits per heavy atom. The largest absolute Gasteiger partial charge is 0.484 e. The summed E-state index contributed by atoms with van der Waals surface area (Å²) in [6.07, 6.45) is 0.362. The van der Waals surface area contributed by atoms with Crippen LogP contribution in [0.15, 0.2) is 83.3 Å². The fraction of sp³-hybridized carbons (Fsp3) is 0.286. The highest BCUT2D eigenvalue weighted by Crippen LogP contribution is 2.19. The van der Waals surface area contributed by atoms with E-state index in [-0.39, 0.29) is 36.7 Å². The van der Waals surface area contributed by atoms with Crippen molar-refractivity contribution < 1.29 is 18.7 Å². The Morgan fingerprint density at radius 3 is 2.31 bits per heavy atom. The smallest absolute Gasteiger partial charge is 0.261 e. The van der Waals surface area contributed by atoms with Crippen LogP contribution in [0.3, 0.4) is 0 Å². The van der Waals surface area contributed by atoms with Crippen LogP contribution in [0.2, 0.25) is 0 Å². The molecule has 0 unspecified atom stereocenters. The van der Waals surface area contributed by atoms with Crippen molar-refractivity contribution in [2.24, 2.45) is 5.92 Å². The van der Waals surface area contributed by atoms with Crippen molar-refractivity contribution in [3.63, 3.8) is 0 Å². The number of benzene rings is 3. The normalized spacial score (nSPS) is 11.7. The standard InChI is InChI=1S/C28H30BrFN2O3/c1-20(2)17-31-28(34)26(16-21-7-4-3-5-8-21)32(18-22-9-6-10-23(29)15-22)27(33)19-35-25-13-11-24(30)12-14-25/h3-15,20,26H,16-19H2,1-2H3,(H,31,34)/t26-/m1/s1. The van der Waals surface area contributed by atoms with Crippen LogP contribution in [0.1, 0.15) is 25.0 Å². The van der Waals surface area contributed by atoms with E-state index in [2.05, 4.69) is 21.2 Å². The highest BCUT2D eigenvalue weighted by molar-refractivity contribution is 9.10. The number of rotatable bonds is 11. The predicted octanol–water partition coefficient (Wildman–Crippen LogP) is 5.38. The Balaban J connectivity index is 1.89. The molecule has 0 aliphatic rings. The molecule has 7 heteroatoms. The minimum absolute atomic E-state index is 0.215. The van der Waals surface area contributed by atoms with Gasteiger partial charge in [0.2, 0.25) is 5.91 Å². The van der Waals surface area contributed by atoms with Crippen molar-refractivity contribution in [2.45, 2.75) is 32.9 Å². The molecule has 3 aromatic rings. The third-order valence-electron chi connectivity index (χ3n) is 5.37. The van der Waals surface area contributed by atoms with Crippen molar-refractivity contribution in [3.05, 3.63) is 100 Å². The molecule has 3 rings (SSSR count). The van der Waals surface area contributed by atoms with Crippen molar-refractivity contribution in [1.82, 2.24) is 10.2 Å². The molecule has 0 fully saturated rings. The summed E-state index contributed by atoms with van der Waals surface area (Å²) in [6, 6.07) is 22.0. The maximum atomic E-state index is 13.5. The predicted molar refractivity (Wildman–Crippen MR) is 138 cm³/mol. The zero-order valence-electron chi connectivity index (χ0n) is 19.9. The van der Waals surface area contributed by atoms with E-state index < -0.39 is 6.04 Å². The summed E-state index contributed by atoms with van der Waals surface area (Å²) in [6.45, 7) is 4.51. The number of nitrogens with one attached hydrogen (secondary N) is 1. The van der Waals surface area contributed by atoms with Gasteiger partial charge in [-0.05, 0) is 53.4 Å². The average Bonchev–Trinajstić information content (AvgIpc) is 2.85. The Labute approximate surface area is 214 Å². The Kier molecular flexibility index (Phi) is 9.85. The minimum atomic E-state index is -0.737. The van der Waals surface area contributed by atoms with Gasteiger partial charge in [0.15, 0.2) is 6.61 Å². The van der Waals surface area contributed by atoms with Crippen LogP contribution in [0, 0.1) is 11.7 Å². The number of carbonyl (C=O) groups is 2. The molecule has 0 heterocycles. The molecular weight excluding hydrogens is 511 g/mol. The van der Waals surface area contributed by atoms with Gasteiger partial charge in [-0.25, -0.2) is 4.39 Å². The lowest BCUT2D eigenvalue weighted by Gasteiger charge is -2.31. The molecule has 2 amide bonds.